The Hall–Kier alpha value is -2.66. The maximum Gasteiger partial charge on any atom is 0.257 e. The minimum atomic E-state index is -0.117. The van der Waals surface area contributed by atoms with Crippen LogP contribution in [-0.2, 0) is 6.54 Å². The second-order valence-corrected chi connectivity index (χ2v) is 6.41. The third-order valence-corrected chi connectivity index (χ3v) is 4.81. The molecule has 2 heterocycles. The Kier molecular flexibility index (Phi) is 3.78. The molecule has 0 aliphatic heterocycles. The fourth-order valence-electron chi connectivity index (χ4n) is 2.81. The van der Waals surface area contributed by atoms with Crippen LogP contribution in [0.4, 0.5) is 5.69 Å². The molecule has 0 amide bonds. The maximum absolute atomic E-state index is 12.2. The van der Waals surface area contributed by atoms with Crippen molar-refractivity contribution in [2.45, 2.75) is 6.54 Å². The van der Waals surface area contributed by atoms with Crippen LogP contribution < -0.4 is 10.9 Å². The minimum absolute atomic E-state index is 0.117. The van der Waals surface area contributed by atoms with Crippen LogP contribution in [0.25, 0.3) is 21.8 Å². The summed E-state index contributed by atoms with van der Waals surface area (Å²) in [5.74, 6) is 0. The van der Waals surface area contributed by atoms with Crippen LogP contribution in [0.5, 0.6) is 0 Å². The van der Waals surface area contributed by atoms with Crippen LogP contribution >= 0.6 is 15.9 Å². The molecule has 0 spiro atoms. The number of H-pyrrole nitrogens is 1. The summed E-state index contributed by atoms with van der Waals surface area (Å²) in [5.41, 5.74) is 2.63. The van der Waals surface area contributed by atoms with Gasteiger partial charge in [-0.2, -0.15) is 0 Å². The van der Waals surface area contributed by atoms with Crippen molar-refractivity contribution in [2.75, 3.05) is 5.32 Å². The van der Waals surface area contributed by atoms with E-state index in [-0.39, 0.29) is 5.56 Å². The first-order valence-corrected chi connectivity index (χ1v) is 8.40. The third-order valence-electron chi connectivity index (χ3n) is 4.03. The number of nitrogens with one attached hydrogen (secondary N) is 2. The molecule has 0 aliphatic rings. The summed E-state index contributed by atoms with van der Waals surface area (Å²) >= 11 is 3.56. The molecule has 0 atom stereocenters. The molecule has 0 saturated heterocycles. The first kappa shape index (κ1) is 14.9. The minimum Gasteiger partial charge on any atom is -0.381 e. The number of rotatable bonds is 3. The second kappa shape index (κ2) is 6.09. The molecule has 2 N–H and O–H groups in total. The highest BCUT2D eigenvalue weighted by atomic mass is 79.9. The summed E-state index contributed by atoms with van der Waals surface area (Å²) in [6, 6.07) is 17.7. The van der Waals surface area contributed by atoms with E-state index in [0.717, 1.165) is 20.9 Å². The van der Waals surface area contributed by atoms with E-state index in [1.807, 2.05) is 48.5 Å². The molecule has 5 heteroatoms. The summed E-state index contributed by atoms with van der Waals surface area (Å²) in [6.45, 7) is 0.701. The van der Waals surface area contributed by atoms with Gasteiger partial charge in [-0.25, -0.2) is 4.98 Å². The first-order chi connectivity index (χ1) is 11.7. The molecule has 0 radical (unpaired) electrons. The van der Waals surface area contributed by atoms with Crippen LogP contribution in [0.1, 0.15) is 5.56 Å². The van der Waals surface area contributed by atoms with Crippen molar-refractivity contribution in [2.24, 2.45) is 0 Å². The number of fused-ring (bicyclic) bond motifs is 3. The van der Waals surface area contributed by atoms with Gasteiger partial charge in [0.15, 0.2) is 0 Å². The Labute approximate surface area is 146 Å². The van der Waals surface area contributed by atoms with Gasteiger partial charge in [0.05, 0.1) is 0 Å². The average Bonchev–Trinajstić information content (AvgIpc) is 2.61. The van der Waals surface area contributed by atoms with E-state index in [4.69, 9.17) is 0 Å². The Morgan fingerprint density at radius 2 is 1.88 bits per heavy atom. The van der Waals surface area contributed by atoms with Gasteiger partial charge in [0.25, 0.3) is 5.56 Å². The molecule has 0 bridgehead atoms. The van der Waals surface area contributed by atoms with Gasteiger partial charge < -0.3 is 10.3 Å². The molecular weight excluding hydrogens is 366 g/mol. The Balaban J connectivity index is 1.76. The van der Waals surface area contributed by atoms with E-state index >= 15 is 0 Å². The van der Waals surface area contributed by atoms with Gasteiger partial charge >= 0.3 is 0 Å². The predicted octanol–water partition coefficient (Wildman–Crippen LogP) is 4.45. The molecule has 4 aromatic rings. The molecule has 0 saturated carbocycles. The number of halogens is 1. The number of aromatic nitrogens is 2. The molecular formula is C19H14BrN3O. The fraction of sp³-hybridized carbons (Fsp3) is 0.0526. The Morgan fingerprint density at radius 1 is 1.00 bits per heavy atom. The van der Waals surface area contributed by atoms with Crippen LogP contribution in [0.3, 0.4) is 0 Å². The number of anilines is 1. The molecule has 4 nitrogen and oxygen atoms in total. The van der Waals surface area contributed by atoms with Crippen LogP contribution in [0.15, 0.2) is 70.1 Å². The number of hydrogen-bond donors (Lipinski definition) is 2. The zero-order chi connectivity index (χ0) is 16.5. The third kappa shape index (κ3) is 2.67. The topological polar surface area (TPSA) is 57.8 Å². The Morgan fingerprint density at radius 3 is 2.75 bits per heavy atom. The van der Waals surface area contributed by atoms with E-state index in [1.165, 1.54) is 5.56 Å². The van der Waals surface area contributed by atoms with E-state index in [2.05, 4.69) is 37.3 Å². The maximum atomic E-state index is 12.2. The first-order valence-electron chi connectivity index (χ1n) is 7.60. The lowest BCUT2D eigenvalue weighted by atomic mass is 10.1. The summed E-state index contributed by atoms with van der Waals surface area (Å²) < 4.78 is 1.07. The van der Waals surface area contributed by atoms with Crippen molar-refractivity contribution in [3.63, 3.8) is 0 Å². The van der Waals surface area contributed by atoms with Crippen molar-refractivity contribution in [3.05, 3.63) is 81.2 Å². The highest BCUT2D eigenvalue weighted by Crippen LogP contribution is 2.24. The molecule has 118 valence electrons. The van der Waals surface area contributed by atoms with Gasteiger partial charge in [-0.1, -0.05) is 34.1 Å². The largest absolute Gasteiger partial charge is 0.381 e. The van der Waals surface area contributed by atoms with Crippen LogP contribution in [0, 0.1) is 0 Å². The van der Waals surface area contributed by atoms with E-state index < -0.39 is 0 Å². The zero-order valence-electron chi connectivity index (χ0n) is 12.7. The number of nitrogens with zero attached hydrogens (tertiary/aromatic N) is 1. The van der Waals surface area contributed by atoms with Crippen molar-refractivity contribution in [1.82, 2.24) is 9.97 Å². The highest BCUT2D eigenvalue weighted by Gasteiger charge is 2.07. The normalized spacial score (nSPS) is 11.0. The zero-order valence-corrected chi connectivity index (χ0v) is 14.3. The summed E-state index contributed by atoms with van der Waals surface area (Å²) in [7, 11) is 0. The lowest BCUT2D eigenvalue weighted by Gasteiger charge is -2.10. The van der Waals surface area contributed by atoms with Crippen molar-refractivity contribution < 1.29 is 0 Å². The van der Waals surface area contributed by atoms with Crippen LogP contribution in [-0.4, -0.2) is 9.97 Å². The molecule has 2 aromatic heterocycles. The quantitative estimate of drug-likeness (QED) is 0.517. The summed E-state index contributed by atoms with van der Waals surface area (Å²) in [5, 5.41) is 5.93. The SMILES string of the molecule is O=c1[nH]c2ncccc2c2cc(NCc3ccccc3Br)ccc12. The van der Waals surface area contributed by atoms with E-state index in [1.54, 1.807) is 6.20 Å². The summed E-state index contributed by atoms with van der Waals surface area (Å²) in [6.07, 6.45) is 1.68. The second-order valence-electron chi connectivity index (χ2n) is 5.56. The van der Waals surface area contributed by atoms with Crippen molar-refractivity contribution in [3.8, 4) is 0 Å². The van der Waals surface area contributed by atoms with Gasteiger partial charge in [0.2, 0.25) is 0 Å². The molecule has 0 aliphatic carbocycles. The predicted molar refractivity (Wildman–Crippen MR) is 101 cm³/mol. The Bertz CT molecular complexity index is 1100. The smallest absolute Gasteiger partial charge is 0.257 e. The average molecular weight is 380 g/mol. The van der Waals surface area contributed by atoms with Gasteiger partial charge in [-0.15, -0.1) is 0 Å². The monoisotopic (exact) mass is 379 g/mol. The highest BCUT2D eigenvalue weighted by molar-refractivity contribution is 9.10. The molecule has 0 unspecified atom stereocenters. The van der Waals surface area contributed by atoms with E-state index in [9.17, 15) is 4.79 Å². The molecule has 24 heavy (non-hydrogen) atoms. The van der Waals surface area contributed by atoms with E-state index in [0.29, 0.717) is 17.6 Å². The lowest BCUT2D eigenvalue weighted by Crippen LogP contribution is -2.07. The molecule has 4 rings (SSSR count). The molecule has 0 fully saturated rings. The van der Waals surface area contributed by atoms with Gasteiger partial charge in [0.1, 0.15) is 5.65 Å². The van der Waals surface area contributed by atoms with Crippen molar-refractivity contribution >= 4 is 43.4 Å². The van der Waals surface area contributed by atoms with Gasteiger partial charge in [-0.3, -0.25) is 4.79 Å². The number of pyridine rings is 2. The fourth-order valence-corrected chi connectivity index (χ4v) is 3.24. The number of benzene rings is 2. The lowest BCUT2D eigenvalue weighted by molar-refractivity contribution is 1.14. The van der Waals surface area contributed by atoms with Crippen LogP contribution in [0.2, 0.25) is 0 Å². The van der Waals surface area contributed by atoms with Crippen molar-refractivity contribution in [1.29, 1.82) is 0 Å². The van der Waals surface area contributed by atoms with Gasteiger partial charge in [-0.05, 0) is 42.0 Å². The standard InChI is InChI=1S/C19H14BrN3O/c20-17-6-2-1-4-12(17)11-22-13-7-8-15-16(10-13)14-5-3-9-21-18(14)23-19(15)24/h1-10,22H,11H2,(H,21,23,24). The number of hydrogen-bond acceptors (Lipinski definition) is 3. The molecule has 2 aromatic carbocycles. The number of aromatic amines is 1. The van der Waals surface area contributed by atoms with Gasteiger partial charge in [0, 0.05) is 39.1 Å². The summed E-state index contributed by atoms with van der Waals surface area (Å²) in [4.78, 5) is 19.3.